The summed E-state index contributed by atoms with van der Waals surface area (Å²) in [6, 6.07) is 6.67. The van der Waals surface area contributed by atoms with Crippen molar-refractivity contribution >= 4 is 44.9 Å². The summed E-state index contributed by atoms with van der Waals surface area (Å²) < 4.78 is 39.9. The van der Waals surface area contributed by atoms with Gasteiger partial charge in [0.15, 0.2) is 0 Å². The summed E-state index contributed by atoms with van der Waals surface area (Å²) in [7, 11) is 0. The zero-order valence-corrected chi connectivity index (χ0v) is 20.7. The molecular formula is C24H26F3N3O2S2. The number of aliphatic hydroxyl groups is 1. The Morgan fingerprint density at radius 2 is 1.85 bits per heavy atom. The molecule has 4 rings (SSSR count). The number of fused-ring (bicyclic) bond motifs is 1. The van der Waals surface area contributed by atoms with E-state index in [1.54, 1.807) is 37.3 Å². The van der Waals surface area contributed by atoms with Gasteiger partial charge in [0.05, 0.1) is 20.8 Å². The monoisotopic (exact) mass is 509 g/mol. The Balaban J connectivity index is 1.66. The number of hydrogen-bond donors (Lipinski definition) is 2. The average molecular weight is 510 g/mol. The predicted octanol–water partition coefficient (Wildman–Crippen LogP) is 6.58. The fraction of sp³-hybridized carbons (Fsp3) is 0.458. The quantitative estimate of drug-likeness (QED) is 0.406. The van der Waals surface area contributed by atoms with Crippen molar-refractivity contribution in [2.75, 3.05) is 11.6 Å². The highest BCUT2D eigenvalue weighted by atomic mass is 32.2. The molecule has 0 aliphatic heterocycles. The number of nitrogens with zero attached hydrogens (tertiary/aromatic N) is 2. The van der Waals surface area contributed by atoms with Gasteiger partial charge in [-0.05, 0) is 70.1 Å². The molecule has 0 saturated heterocycles. The van der Waals surface area contributed by atoms with E-state index in [1.807, 2.05) is 11.8 Å². The van der Waals surface area contributed by atoms with Crippen molar-refractivity contribution in [1.82, 2.24) is 9.97 Å². The normalized spacial score (nSPS) is 19.4. The Morgan fingerprint density at radius 1 is 1.15 bits per heavy atom. The molecule has 1 amide bonds. The van der Waals surface area contributed by atoms with E-state index in [4.69, 9.17) is 4.98 Å². The number of alkyl halides is 3. The van der Waals surface area contributed by atoms with Crippen LogP contribution in [-0.2, 0) is 11.8 Å². The van der Waals surface area contributed by atoms with Crippen LogP contribution in [0.1, 0.15) is 72.2 Å². The zero-order valence-electron chi connectivity index (χ0n) is 19.1. The van der Waals surface area contributed by atoms with E-state index in [9.17, 15) is 23.1 Å². The summed E-state index contributed by atoms with van der Waals surface area (Å²) in [5, 5.41) is 15.1. The molecule has 0 atom stereocenters. The van der Waals surface area contributed by atoms with Gasteiger partial charge in [-0.2, -0.15) is 24.9 Å². The Hall–Kier alpha value is -2.17. The van der Waals surface area contributed by atoms with Crippen molar-refractivity contribution in [3.05, 3.63) is 52.3 Å². The first-order chi connectivity index (χ1) is 16.0. The number of thioether (sulfide) groups is 1. The number of nitrogens with one attached hydrogen (secondary N) is 1. The lowest BCUT2D eigenvalue weighted by Crippen LogP contribution is -2.22. The van der Waals surface area contributed by atoms with Crippen molar-refractivity contribution in [1.29, 1.82) is 0 Å². The number of benzene rings is 1. The van der Waals surface area contributed by atoms with Gasteiger partial charge >= 0.3 is 6.18 Å². The third-order valence-corrected chi connectivity index (χ3v) is 8.40. The lowest BCUT2D eigenvalue weighted by Gasteiger charge is -2.25. The van der Waals surface area contributed by atoms with Crippen LogP contribution in [0.4, 0.5) is 18.9 Å². The van der Waals surface area contributed by atoms with E-state index in [1.165, 1.54) is 6.07 Å². The number of anilines is 1. The highest BCUT2D eigenvalue weighted by Crippen LogP contribution is 2.41. The first-order valence-electron chi connectivity index (χ1n) is 11.0. The fourth-order valence-electron chi connectivity index (χ4n) is 4.23. The van der Waals surface area contributed by atoms with Gasteiger partial charge in [-0.1, -0.05) is 6.07 Å². The van der Waals surface area contributed by atoms with Crippen LogP contribution in [0.25, 0.3) is 10.2 Å². The molecule has 1 saturated carbocycles. The third kappa shape index (κ3) is 5.39. The molecule has 2 aromatic heterocycles. The van der Waals surface area contributed by atoms with E-state index in [0.717, 1.165) is 53.0 Å². The number of thiazole rings is 1. The maximum absolute atomic E-state index is 13.0. The van der Waals surface area contributed by atoms with Gasteiger partial charge in [0.25, 0.3) is 5.91 Å². The molecule has 34 heavy (non-hydrogen) atoms. The fourth-order valence-corrected chi connectivity index (χ4v) is 6.13. The van der Waals surface area contributed by atoms with Crippen molar-refractivity contribution in [3.63, 3.8) is 0 Å². The first kappa shape index (κ1) is 24.9. The number of pyridine rings is 1. The van der Waals surface area contributed by atoms with Gasteiger partial charge in [-0.15, -0.1) is 11.3 Å². The molecule has 0 bridgehead atoms. The van der Waals surface area contributed by atoms with Gasteiger partial charge in [-0.25, -0.2) is 9.97 Å². The second kappa shape index (κ2) is 9.47. The van der Waals surface area contributed by atoms with E-state index in [0.29, 0.717) is 22.4 Å². The van der Waals surface area contributed by atoms with E-state index in [2.05, 4.69) is 16.6 Å². The number of rotatable bonds is 5. The predicted molar refractivity (Wildman–Crippen MR) is 131 cm³/mol. The minimum absolute atomic E-state index is 0.325. The van der Waals surface area contributed by atoms with Crippen LogP contribution >= 0.6 is 23.1 Å². The number of halogens is 3. The lowest BCUT2D eigenvalue weighted by atomic mass is 9.89. The average Bonchev–Trinajstić information content (AvgIpc) is 3.20. The number of hydrogen-bond acceptors (Lipinski definition) is 6. The van der Waals surface area contributed by atoms with Crippen molar-refractivity contribution in [2.45, 2.75) is 62.5 Å². The molecule has 0 radical (unpaired) electrons. The summed E-state index contributed by atoms with van der Waals surface area (Å²) in [6.07, 6.45) is 1.96. The summed E-state index contributed by atoms with van der Waals surface area (Å²) in [6.45, 7) is 3.17. The topological polar surface area (TPSA) is 75.1 Å². The molecule has 0 spiro atoms. The van der Waals surface area contributed by atoms with Gasteiger partial charge in [0.2, 0.25) is 0 Å². The summed E-state index contributed by atoms with van der Waals surface area (Å²) in [5.74, 6) is -0.394. The second-order valence-electron chi connectivity index (χ2n) is 9.05. The van der Waals surface area contributed by atoms with Crippen LogP contribution in [-0.4, -0.2) is 32.5 Å². The number of amides is 1. The van der Waals surface area contributed by atoms with Gasteiger partial charge in [-0.3, -0.25) is 4.79 Å². The molecule has 0 unspecified atom stereocenters. The summed E-state index contributed by atoms with van der Waals surface area (Å²) >= 11 is 3.47. The minimum atomic E-state index is -4.65. The Labute approximate surface area is 204 Å². The van der Waals surface area contributed by atoms with Crippen molar-refractivity contribution < 1.29 is 23.1 Å². The van der Waals surface area contributed by atoms with Crippen molar-refractivity contribution in [2.24, 2.45) is 0 Å². The van der Waals surface area contributed by atoms with Gasteiger partial charge in [0, 0.05) is 22.4 Å². The van der Waals surface area contributed by atoms with Gasteiger partial charge < -0.3 is 10.4 Å². The SMILES string of the molecule is CS[C@H]1CC[C@H](c2nc3cc(C(C)(C)O)c(NC(=O)c4cccc(C(F)(F)F)n4)cc3s2)CC1. The number of aromatic nitrogens is 2. The van der Waals surface area contributed by atoms with E-state index < -0.39 is 23.4 Å². The highest BCUT2D eigenvalue weighted by Gasteiger charge is 2.33. The van der Waals surface area contributed by atoms with Crippen molar-refractivity contribution in [3.8, 4) is 0 Å². The third-order valence-electron chi connectivity index (χ3n) is 6.08. The van der Waals surface area contributed by atoms with Crippen LogP contribution in [0.5, 0.6) is 0 Å². The molecular weight excluding hydrogens is 483 g/mol. The van der Waals surface area contributed by atoms with Crippen LogP contribution in [0.2, 0.25) is 0 Å². The summed E-state index contributed by atoms with van der Waals surface area (Å²) in [4.78, 5) is 21.1. The number of carbonyl (C=O) groups excluding carboxylic acids is 1. The molecule has 1 fully saturated rings. The molecule has 1 aromatic carbocycles. The minimum Gasteiger partial charge on any atom is -0.386 e. The molecule has 182 valence electrons. The van der Waals surface area contributed by atoms with Gasteiger partial charge in [0.1, 0.15) is 11.4 Å². The first-order valence-corrected chi connectivity index (χ1v) is 13.1. The van der Waals surface area contributed by atoms with Crippen LogP contribution in [0.15, 0.2) is 30.3 Å². The number of carbonyl (C=O) groups is 1. The molecule has 3 aromatic rings. The Morgan fingerprint density at radius 3 is 2.47 bits per heavy atom. The Bertz CT molecular complexity index is 1200. The lowest BCUT2D eigenvalue weighted by molar-refractivity contribution is -0.141. The van der Waals surface area contributed by atoms with Crippen LogP contribution in [0.3, 0.4) is 0 Å². The highest BCUT2D eigenvalue weighted by molar-refractivity contribution is 7.99. The Kier molecular flexibility index (Phi) is 6.94. The van der Waals surface area contributed by atoms with Crippen LogP contribution < -0.4 is 5.32 Å². The molecule has 10 heteroatoms. The largest absolute Gasteiger partial charge is 0.433 e. The summed E-state index contributed by atoms with van der Waals surface area (Å²) in [5.41, 5.74) is -1.31. The standard InChI is InChI=1S/C24H26F3N3O2S2/c1-23(2,32)15-11-18-19(34-22(30-18)13-7-9-14(33-3)10-8-13)12-17(15)29-21(31)16-5-4-6-20(28-16)24(25,26)27/h4-6,11-14,32H,7-10H2,1-3H3,(H,29,31)/t13-,14-. The molecule has 2 heterocycles. The van der Waals surface area contributed by atoms with E-state index >= 15 is 0 Å². The maximum atomic E-state index is 13.0. The maximum Gasteiger partial charge on any atom is 0.433 e. The zero-order chi connectivity index (χ0) is 24.7. The van der Waals surface area contributed by atoms with E-state index in [-0.39, 0.29) is 5.69 Å². The second-order valence-corrected chi connectivity index (χ2v) is 11.2. The molecule has 2 N–H and O–H groups in total. The smallest absolute Gasteiger partial charge is 0.386 e. The molecule has 1 aliphatic carbocycles. The molecule has 1 aliphatic rings. The van der Waals surface area contributed by atoms with Crippen LogP contribution in [0, 0.1) is 0 Å². The molecule has 5 nitrogen and oxygen atoms in total.